The van der Waals surface area contributed by atoms with Crippen molar-refractivity contribution in [2.45, 2.75) is 12.3 Å². The van der Waals surface area contributed by atoms with E-state index >= 15 is 0 Å². The number of hydrogen-bond acceptors (Lipinski definition) is 5. The first-order valence-corrected chi connectivity index (χ1v) is 6.30. The molecule has 2 aromatic rings. The van der Waals surface area contributed by atoms with Crippen LogP contribution in [0, 0.1) is 0 Å². The summed E-state index contributed by atoms with van der Waals surface area (Å²) in [7, 11) is 3.47. The number of ether oxygens (including phenoxy) is 1. The molecule has 100 valence electrons. The van der Waals surface area contributed by atoms with E-state index in [4.69, 9.17) is 4.74 Å². The largest absolute Gasteiger partial charge is 0.465 e. The van der Waals surface area contributed by atoms with Crippen molar-refractivity contribution in [3.63, 3.8) is 0 Å². The number of esters is 1. The fourth-order valence-electron chi connectivity index (χ4n) is 2.46. The van der Waals surface area contributed by atoms with Crippen molar-refractivity contribution in [2.75, 3.05) is 27.2 Å². The summed E-state index contributed by atoms with van der Waals surface area (Å²) in [6, 6.07) is 3.50. The lowest BCUT2D eigenvalue weighted by Gasteiger charge is -2.05. The van der Waals surface area contributed by atoms with Crippen molar-refractivity contribution in [1.29, 1.82) is 0 Å². The first-order valence-electron chi connectivity index (χ1n) is 6.30. The Morgan fingerprint density at radius 3 is 3.00 bits per heavy atom. The molecule has 0 aliphatic carbocycles. The summed E-state index contributed by atoms with van der Waals surface area (Å²) >= 11 is 0. The number of likely N-dealkylation sites (tertiary alicyclic amines) is 1. The molecule has 0 aromatic carbocycles. The van der Waals surface area contributed by atoms with Crippen LogP contribution in [0.2, 0.25) is 0 Å². The van der Waals surface area contributed by atoms with E-state index < -0.39 is 0 Å². The molecule has 0 saturated carbocycles. The molecule has 1 saturated heterocycles. The van der Waals surface area contributed by atoms with E-state index in [1.54, 1.807) is 22.8 Å². The minimum atomic E-state index is -0.362. The average Bonchev–Trinajstić information content (AvgIpc) is 3.02. The van der Waals surface area contributed by atoms with Gasteiger partial charge in [-0.25, -0.2) is 14.3 Å². The van der Waals surface area contributed by atoms with E-state index in [9.17, 15) is 4.79 Å². The van der Waals surface area contributed by atoms with E-state index in [1.807, 2.05) is 0 Å². The number of pyridine rings is 1. The number of carbonyl (C=O) groups excluding carboxylic acids is 1. The molecule has 3 rings (SSSR count). The van der Waals surface area contributed by atoms with Crippen LogP contribution in [0.5, 0.6) is 0 Å². The van der Waals surface area contributed by atoms with Gasteiger partial charge in [-0.1, -0.05) is 0 Å². The van der Waals surface area contributed by atoms with Gasteiger partial charge < -0.3 is 9.64 Å². The highest BCUT2D eigenvalue weighted by Crippen LogP contribution is 2.24. The van der Waals surface area contributed by atoms with E-state index in [0.29, 0.717) is 11.5 Å². The Kier molecular flexibility index (Phi) is 2.94. The van der Waals surface area contributed by atoms with Gasteiger partial charge in [0.05, 0.1) is 12.7 Å². The van der Waals surface area contributed by atoms with Gasteiger partial charge in [-0.3, -0.25) is 0 Å². The summed E-state index contributed by atoms with van der Waals surface area (Å²) in [5.41, 5.74) is 1.24. The number of aromatic nitrogens is 3. The van der Waals surface area contributed by atoms with E-state index in [0.717, 1.165) is 31.0 Å². The molecule has 6 nitrogen and oxygen atoms in total. The number of likely N-dealkylation sites (N-methyl/N-ethyl adjacent to an activating group) is 1. The maximum Gasteiger partial charge on any atom is 0.339 e. The van der Waals surface area contributed by atoms with Crippen LogP contribution in [0.3, 0.4) is 0 Å². The van der Waals surface area contributed by atoms with Crippen molar-refractivity contribution in [2.24, 2.45) is 0 Å². The van der Waals surface area contributed by atoms with Gasteiger partial charge in [-0.15, -0.1) is 0 Å². The fourth-order valence-corrected chi connectivity index (χ4v) is 2.46. The topological polar surface area (TPSA) is 59.7 Å². The van der Waals surface area contributed by atoms with E-state index in [1.165, 1.54) is 7.11 Å². The standard InChI is InChI=1S/C13H16N4O2/c1-16-6-5-9(7-16)12-14-11-4-3-10(13(18)19-2)8-17(11)15-12/h3-4,8-9H,5-7H2,1-2H3. The smallest absolute Gasteiger partial charge is 0.339 e. The molecule has 0 N–H and O–H groups in total. The highest BCUT2D eigenvalue weighted by molar-refractivity contribution is 5.89. The highest BCUT2D eigenvalue weighted by atomic mass is 16.5. The van der Waals surface area contributed by atoms with Gasteiger partial charge in [-0.2, -0.15) is 5.10 Å². The van der Waals surface area contributed by atoms with E-state index in [2.05, 4.69) is 22.0 Å². The van der Waals surface area contributed by atoms with Crippen molar-refractivity contribution in [3.8, 4) is 0 Å². The second kappa shape index (κ2) is 4.62. The van der Waals surface area contributed by atoms with Gasteiger partial charge in [0.2, 0.25) is 0 Å². The van der Waals surface area contributed by atoms with Crippen molar-refractivity contribution >= 4 is 11.6 Å². The second-order valence-corrected chi connectivity index (χ2v) is 4.93. The Morgan fingerprint density at radius 2 is 2.32 bits per heavy atom. The SMILES string of the molecule is COC(=O)c1ccc2nc(C3CCN(C)C3)nn2c1. The fraction of sp³-hybridized carbons (Fsp3) is 0.462. The Hall–Kier alpha value is -1.95. The second-order valence-electron chi connectivity index (χ2n) is 4.93. The van der Waals surface area contributed by atoms with Crippen molar-refractivity contribution in [1.82, 2.24) is 19.5 Å². The third kappa shape index (κ3) is 2.19. The Bertz CT molecular complexity index is 622. The lowest BCUT2D eigenvalue weighted by molar-refractivity contribution is 0.0600. The van der Waals surface area contributed by atoms with Crippen LogP contribution in [0.15, 0.2) is 18.3 Å². The van der Waals surface area contributed by atoms with Gasteiger partial charge in [0.1, 0.15) is 0 Å². The summed E-state index contributed by atoms with van der Waals surface area (Å²) in [5, 5.41) is 4.48. The average molecular weight is 260 g/mol. The third-order valence-electron chi connectivity index (χ3n) is 3.52. The minimum Gasteiger partial charge on any atom is -0.465 e. The van der Waals surface area contributed by atoms with Gasteiger partial charge >= 0.3 is 5.97 Å². The van der Waals surface area contributed by atoms with Gasteiger partial charge in [0.15, 0.2) is 11.5 Å². The van der Waals surface area contributed by atoms with Crippen LogP contribution in [0.25, 0.3) is 5.65 Å². The molecule has 1 aliphatic rings. The molecule has 0 radical (unpaired) electrons. The first-order chi connectivity index (χ1) is 9.17. The van der Waals surface area contributed by atoms with Crippen LogP contribution in [-0.4, -0.2) is 52.7 Å². The first kappa shape index (κ1) is 12.1. The van der Waals surface area contributed by atoms with Gasteiger partial charge in [0.25, 0.3) is 0 Å². The molecule has 0 amide bonds. The van der Waals surface area contributed by atoms with Crippen LogP contribution in [0.4, 0.5) is 0 Å². The van der Waals surface area contributed by atoms with E-state index in [-0.39, 0.29) is 5.97 Å². The quantitative estimate of drug-likeness (QED) is 0.752. The maximum atomic E-state index is 11.5. The molecular formula is C13H16N4O2. The molecule has 6 heteroatoms. The van der Waals surface area contributed by atoms with Crippen LogP contribution >= 0.6 is 0 Å². The summed E-state index contributed by atoms with van der Waals surface area (Å²) in [6.45, 7) is 2.06. The minimum absolute atomic E-state index is 0.362. The molecule has 1 aliphatic heterocycles. The molecule has 0 bridgehead atoms. The number of rotatable bonds is 2. The highest BCUT2D eigenvalue weighted by Gasteiger charge is 2.24. The Morgan fingerprint density at radius 1 is 1.47 bits per heavy atom. The zero-order valence-corrected chi connectivity index (χ0v) is 11.0. The predicted molar refractivity (Wildman–Crippen MR) is 69.2 cm³/mol. The third-order valence-corrected chi connectivity index (χ3v) is 3.52. The molecule has 0 spiro atoms. The van der Waals surface area contributed by atoms with Crippen molar-refractivity contribution in [3.05, 3.63) is 29.7 Å². The molecule has 19 heavy (non-hydrogen) atoms. The lowest BCUT2D eigenvalue weighted by atomic mass is 10.1. The summed E-state index contributed by atoms with van der Waals surface area (Å²) in [4.78, 5) is 18.3. The van der Waals surface area contributed by atoms with Crippen molar-refractivity contribution < 1.29 is 9.53 Å². The molecule has 2 aromatic heterocycles. The Labute approximate surface area is 111 Å². The lowest BCUT2D eigenvalue weighted by Crippen LogP contribution is -2.13. The van der Waals surface area contributed by atoms with Crippen LogP contribution in [0.1, 0.15) is 28.5 Å². The zero-order chi connectivity index (χ0) is 13.4. The Balaban J connectivity index is 1.94. The monoisotopic (exact) mass is 260 g/mol. The maximum absolute atomic E-state index is 11.5. The number of nitrogens with zero attached hydrogens (tertiary/aromatic N) is 4. The molecule has 1 fully saturated rings. The van der Waals surface area contributed by atoms with Crippen LogP contribution in [-0.2, 0) is 4.74 Å². The van der Waals surface area contributed by atoms with Crippen LogP contribution < -0.4 is 0 Å². The number of fused-ring (bicyclic) bond motifs is 1. The summed E-state index contributed by atoms with van der Waals surface area (Å²) in [6.07, 6.45) is 2.74. The number of hydrogen-bond donors (Lipinski definition) is 0. The summed E-state index contributed by atoms with van der Waals surface area (Å²) in [5.74, 6) is 0.873. The predicted octanol–water partition coefficient (Wildman–Crippen LogP) is 0.935. The van der Waals surface area contributed by atoms with Gasteiger partial charge in [0, 0.05) is 18.7 Å². The zero-order valence-electron chi connectivity index (χ0n) is 11.0. The summed E-state index contributed by atoms with van der Waals surface area (Å²) < 4.78 is 6.35. The molecule has 1 atom stereocenters. The van der Waals surface area contributed by atoms with Gasteiger partial charge in [-0.05, 0) is 32.1 Å². The molecular weight excluding hydrogens is 244 g/mol. The molecule has 3 heterocycles. The molecule has 1 unspecified atom stereocenters. The normalized spacial score (nSPS) is 20.0. The number of carbonyl (C=O) groups is 1. The number of methoxy groups -OCH3 is 1.